The van der Waals surface area contributed by atoms with Gasteiger partial charge in [-0.3, -0.25) is 9.36 Å². The van der Waals surface area contributed by atoms with Gasteiger partial charge in [0.2, 0.25) is 0 Å². The van der Waals surface area contributed by atoms with Gasteiger partial charge in [0, 0.05) is 10.4 Å². The SMILES string of the molecule is CCOC(=O)C1=C(c2ccccc2)N=c2s/c(=C\c3cc(I)c(OCC)c(OC)c3)c(=O)n2[C@H]1c1cccs1. The second kappa shape index (κ2) is 11.9. The van der Waals surface area contributed by atoms with Crippen molar-refractivity contribution in [2.45, 2.75) is 19.9 Å². The number of aromatic nitrogens is 1. The number of nitrogens with zero attached hydrogens (tertiary/aromatic N) is 2. The number of thiophene rings is 1. The smallest absolute Gasteiger partial charge is 0.338 e. The van der Waals surface area contributed by atoms with E-state index in [4.69, 9.17) is 19.2 Å². The van der Waals surface area contributed by atoms with Crippen molar-refractivity contribution in [1.29, 1.82) is 0 Å². The predicted molar refractivity (Wildman–Crippen MR) is 162 cm³/mol. The van der Waals surface area contributed by atoms with Crippen LogP contribution in [0.15, 0.2) is 75.3 Å². The van der Waals surface area contributed by atoms with Crippen LogP contribution in [0.1, 0.15) is 35.9 Å². The Hall–Kier alpha value is -3.22. The van der Waals surface area contributed by atoms with Crippen molar-refractivity contribution >= 4 is 63.0 Å². The molecule has 39 heavy (non-hydrogen) atoms. The Labute approximate surface area is 246 Å². The van der Waals surface area contributed by atoms with Crippen molar-refractivity contribution in [3.63, 3.8) is 0 Å². The Balaban J connectivity index is 1.76. The summed E-state index contributed by atoms with van der Waals surface area (Å²) in [5.41, 5.74) is 2.21. The Kier molecular flexibility index (Phi) is 8.34. The number of carbonyl (C=O) groups is 1. The van der Waals surface area contributed by atoms with E-state index in [-0.39, 0.29) is 12.2 Å². The van der Waals surface area contributed by atoms with Crippen LogP contribution in [0.2, 0.25) is 0 Å². The van der Waals surface area contributed by atoms with Gasteiger partial charge in [-0.15, -0.1) is 11.3 Å². The number of hydrogen-bond acceptors (Lipinski definition) is 8. The normalized spacial score (nSPS) is 15.1. The molecular formula is C29H25IN2O5S2. The summed E-state index contributed by atoms with van der Waals surface area (Å²) in [6.45, 7) is 4.41. The van der Waals surface area contributed by atoms with Crippen molar-refractivity contribution in [3.05, 3.63) is 105 Å². The highest BCUT2D eigenvalue weighted by molar-refractivity contribution is 14.1. The zero-order chi connectivity index (χ0) is 27.5. The van der Waals surface area contributed by atoms with E-state index in [2.05, 4.69) is 22.6 Å². The van der Waals surface area contributed by atoms with Crippen LogP contribution >= 0.6 is 45.3 Å². The van der Waals surface area contributed by atoms with Gasteiger partial charge in [0.25, 0.3) is 5.56 Å². The summed E-state index contributed by atoms with van der Waals surface area (Å²) < 4.78 is 19.8. The van der Waals surface area contributed by atoms with Crippen LogP contribution in [-0.2, 0) is 9.53 Å². The molecule has 5 rings (SSSR count). The minimum Gasteiger partial charge on any atom is -0.493 e. The van der Waals surface area contributed by atoms with Gasteiger partial charge in [-0.25, -0.2) is 9.79 Å². The molecule has 2 aromatic carbocycles. The number of methoxy groups -OCH3 is 1. The molecule has 1 atom stereocenters. The van der Waals surface area contributed by atoms with E-state index in [1.807, 2.05) is 73.0 Å². The van der Waals surface area contributed by atoms with Gasteiger partial charge in [0.1, 0.15) is 6.04 Å². The maximum atomic E-state index is 14.0. The second-order valence-corrected chi connectivity index (χ2v) is 11.6. The van der Waals surface area contributed by atoms with Gasteiger partial charge in [0.15, 0.2) is 16.3 Å². The molecule has 200 valence electrons. The summed E-state index contributed by atoms with van der Waals surface area (Å²) in [5, 5.41) is 1.93. The van der Waals surface area contributed by atoms with Crippen molar-refractivity contribution in [1.82, 2.24) is 4.57 Å². The number of thiazole rings is 1. The summed E-state index contributed by atoms with van der Waals surface area (Å²) in [4.78, 5) is 33.6. The van der Waals surface area contributed by atoms with E-state index in [1.54, 1.807) is 18.6 Å². The van der Waals surface area contributed by atoms with E-state index >= 15 is 0 Å². The standard InChI is InChI=1S/C29H25IN2O5S2/c1-4-36-26-19(30)14-17(15-20(26)35-3)16-22-27(33)32-25(21-12-9-13-38-21)23(28(34)37-5-2)24(31-29(32)39-22)18-10-7-6-8-11-18/h6-16,25H,4-5H2,1-3H3/b22-16-/t25-/m0/s1. The minimum atomic E-state index is -0.660. The largest absolute Gasteiger partial charge is 0.493 e. The zero-order valence-corrected chi connectivity index (χ0v) is 25.3. The molecular weight excluding hydrogens is 647 g/mol. The Morgan fingerprint density at radius 3 is 2.59 bits per heavy atom. The van der Waals surface area contributed by atoms with E-state index in [0.717, 1.165) is 19.6 Å². The zero-order valence-electron chi connectivity index (χ0n) is 21.5. The van der Waals surface area contributed by atoms with E-state index in [1.165, 1.54) is 22.7 Å². The third-order valence-electron chi connectivity index (χ3n) is 6.02. The van der Waals surface area contributed by atoms with Crippen molar-refractivity contribution in [2.75, 3.05) is 20.3 Å². The number of hydrogen-bond donors (Lipinski definition) is 0. The van der Waals surface area contributed by atoms with Crippen LogP contribution in [-0.4, -0.2) is 30.9 Å². The average molecular weight is 673 g/mol. The fourth-order valence-electron chi connectivity index (χ4n) is 4.42. The van der Waals surface area contributed by atoms with Crippen molar-refractivity contribution in [3.8, 4) is 11.5 Å². The molecule has 10 heteroatoms. The van der Waals surface area contributed by atoms with Gasteiger partial charge in [-0.2, -0.15) is 0 Å². The fraction of sp³-hybridized carbons (Fsp3) is 0.207. The van der Waals surface area contributed by atoms with Crippen LogP contribution in [0.3, 0.4) is 0 Å². The van der Waals surface area contributed by atoms with Crippen LogP contribution in [0.5, 0.6) is 11.5 Å². The topological polar surface area (TPSA) is 79.1 Å². The predicted octanol–water partition coefficient (Wildman–Crippen LogP) is 5.01. The lowest BCUT2D eigenvalue weighted by Crippen LogP contribution is -2.39. The molecule has 0 unspecified atom stereocenters. The molecule has 0 radical (unpaired) electrons. The third kappa shape index (κ3) is 5.32. The highest BCUT2D eigenvalue weighted by Gasteiger charge is 2.35. The molecule has 4 aromatic rings. The third-order valence-corrected chi connectivity index (χ3v) is 8.73. The second-order valence-electron chi connectivity index (χ2n) is 8.41. The monoisotopic (exact) mass is 672 g/mol. The molecule has 2 aromatic heterocycles. The highest BCUT2D eigenvalue weighted by atomic mass is 127. The molecule has 1 aliphatic heterocycles. The number of esters is 1. The number of halogens is 1. The van der Waals surface area contributed by atoms with E-state index in [0.29, 0.717) is 38.7 Å². The van der Waals surface area contributed by atoms with Crippen LogP contribution in [0.4, 0.5) is 0 Å². The summed E-state index contributed by atoms with van der Waals surface area (Å²) >= 11 is 4.98. The van der Waals surface area contributed by atoms with E-state index in [9.17, 15) is 9.59 Å². The molecule has 1 aliphatic rings. The molecule has 0 spiro atoms. The molecule has 0 saturated carbocycles. The lowest BCUT2D eigenvalue weighted by atomic mass is 9.97. The molecule has 0 N–H and O–H groups in total. The van der Waals surface area contributed by atoms with E-state index < -0.39 is 12.0 Å². The fourth-order valence-corrected chi connectivity index (χ4v) is 7.02. The van der Waals surface area contributed by atoms with Gasteiger partial charge in [-0.05, 0) is 71.7 Å². The first-order valence-corrected chi connectivity index (χ1v) is 15.1. The Morgan fingerprint density at radius 2 is 1.92 bits per heavy atom. The molecule has 0 amide bonds. The maximum absolute atomic E-state index is 14.0. The highest BCUT2D eigenvalue weighted by Crippen LogP contribution is 2.37. The lowest BCUT2D eigenvalue weighted by Gasteiger charge is -2.24. The molecule has 0 aliphatic carbocycles. The van der Waals surface area contributed by atoms with Crippen molar-refractivity contribution in [2.24, 2.45) is 4.99 Å². The first-order chi connectivity index (χ1) is 19.0. The van der Waals surface area contributed by atoms with Gasteiger partial charge in [-0.1, -0.05) is 47.7 Å². The molecule has 0 fully saturated rings. The number of ether oxygens (including phenoxy) is 3. The first-order valence-electron chi connectivity index (χ1n) is 12.3. The van der Waals surface area contributed by atoms with Gasteiger partial charge >= 0.3 is 5.97 Å². The van der Waals surface area contributed by atoms with Crippen LogP contribution in [0, 0.1) is 3.57 Å². The Morgan fingerprint density at radius 1 is 1.13 bits per heavy atom. The minimum absolute atomic E-state index is 0.212. The van der Waals surface area contributed by atoms with Crippen molar-refractivity contribution < 1.29 is 19.0 Å². The summed E-state index contributed by atoms with van der Waals surface area (Å²) in [6.07, 6.45) is 1.83. The van der Waals surface area contributed by atoms with Gasteiger partial charge in [0.05, 0.1) is 39.7 Å². The first kappa shape index (κ1) is 27.4. The number of fused-ring (bicyclic) bond motifs is 1. The van der Waals surface area contributed by atoms with Crippen LogP contribution < -0.4 is 24.4 Å². The lowest BCUT2D eigenvalue weighted by molar-refractivity contribution is -0.138. The summed E-state index contributed by atoms with van der Waals surface area (Å²) in [5.74, 6) is 0.775. The number of carbonyl (C=O) groups excluding carboxylic acids is 1. The molecule has 3 heterocycles. The molecule has 0 saturated heterocycles. The van der Waals surface area contributed by atoms with Crippen LogP contribution in [0.25, 0.3) is 11.8 Å². The number of rotatable bonds is 8. The molecule has 7 nitrogen and oxygen atoms in total. The summed E-state index contributed by atoms with van der Waals surface area (Å²) in [7, 11) is 1.59. The number of benzene rings is 2. The quantitative estimate of drug-likeness (QED) is 0.195. The van der Waals surface area contributed by atoms with Gasteiger partial charge < -0.3 is 14.2 Å². The Bertz CT molecular complexity index is 1720. The maximum Gasteiger partial charge on any atom is 0.338 e. The summed E-state index contributed by atoms with van der Waals surface area (Å²) in [6, 6.07) is 16.5. The molecule has 0 bridgehead atoms. The average Bonchev–Trinajstić information content (AvgIpc) is 3.58.